The first kappa shape index (κ1) is 29.8. The lowest BCUT2D eigenvalue weighted by molar-refractivity contribution is 0.288. The zero-order valence-corrected chi connectivity index (χ0v) is 24.6. The number of para-hydroxylation sites is 1. The van der Waals surface area contributed by atoms with Crippen molar-refractivity contribution in [3.8, 4) is 17.2 Å². The van der Waals surface area contributed by atoms with Gasteiger partial charge in [-0.05, 0) is 65.3 Å². The van der Waals surface area contributed by atoms with Gasteiger partial charge in [-0.1, -0.05) is 73.1 Å². The topological polar surface area (TPSA) is 75.4 Å². The van der Waals surface area contributed by atoms with Crippen molar-refractivity contribution in [2.24, 2.45) is 10.1 Å². The van der Waals surface area contributed by atoms with E-state index in [1.165, 1.54) is 0 Å². The number of phenols is 1. The van der Waals surface area contributed by atoms with Gasteiger partial charge in [0.25, 0.3) is 0 Å². The molecule has 3 rings (SSSR count). The number of hydrogen-bond acceptors (Lipinski definition) is 5. The highest BCUT2D eigenvalue weighted by molar-refractivity contribution is 6.01. The van der Waals surface area contributed by atoms with Crippen molar-refractivity contribution in [2.45, 2.75) is 72.1 Å². The lowest BCUT2D eigenvalue weighted by Gasteiger charge is -2.28. The third-order valence-corrected chi connectivity index (χ3v) is 6.32. The Morgan fingerprint density at radius 3 is 2.10 bits per heavy atom. The van der Waals surface area contributed by atoms with Crippen LogP contribution in [0.25, 0.3) is 0 Å². The molecule has 3 aromatic carbocycles. The van der Waals surface area contributed by atoms with Crippen LogP contribution in [0.4, 0.5) is 5.69 Å². The summed E-state index contributed by atoms with van der Waals surface area (Å²) in [6.07, 6.45) is 3.79. The number of amidine groups is 1. The molecule has 3 aromatic rings. The van der Waals surface area contributed by atoms with Gasteiger partial charge in [0.2, 0.25) is 0 Å². The SMILES string of the molecule is CCCCOc1ccc(C=NNC(=Nc2ccccc2)c2cc(C(C)(C)C)c(O)c(C(C)(C)C)c2)cc1OC. The van der Waals surface area contributed by atoms with Crippen LogP contribution in [-0.4, -0.2) is 30.9 Å². The van der Waals surface area contributed by atoms with E-state index in [0.29, 0.717) is 23.9 Å². The smallest absolute Gasteiger partial charge is 0.161 e. The fourth-order valence-corrected chi connectivity index (χ4v) is 4.08. The van der Waals surface area contributed by atoms with Crippen molar-refractivity contribution in [1.29, 1.82) is 0 Å². The number of phenolic OH excluding ortho intramolecular Hbond substituents is 1. The van der Waals surface area contributed by atoms with E-state index in [1.54, 1.807) is 13.3 Å². The van der Waals surface area contributed by atoms with Gasteiger partial charge in [0.1, 0.15) is 5.75 Å². The summed E-state index contributed by atoms with van der Waals surface area (Å²) in [5.41, 5.74) is 6.87. The number of nitrogens with zero attached hydrogens (tertiary/aromatic N) is 2. The fourth-order valence-electron chi connectivity index (χ4n) is 4.08. The van der Waals surface area contributed by atoms with Crippen molar-refractivity contribution in [3.63, 3.8) is 0 Å². The molecule has 0 radical (unpaired) electrons. The van der Waals surface area contributed by atoms with Gasteiger partial charge in [-0.15, -0.1) is 0 Å². The van der Waals surface area contributed by atoms with Crippen LogP contribution >= 0.6 is 0 Å². The maximum absolute atomic E-state index is 11.2. The third kappa shape index (κ3) is 8.09. The van der Waals surface area contributed by atoms with Crippen molar-refractivity contribution < 1.29 is 14.6 Å². The Bertz CT molecular complexity index is 1270. The minimum atomic E-state index is -0.265. The summed E-state index contributed by atoms with van der Waals surface area (Å²) in [5, 5.41) is 15.7. The minimum Gasteiger partial charge on any atom is -0.507 e. The minimum absolute atomic E-state index is 0.265. The van der Waals surface area contributed by atoms with Gasteiger partial charge >= 0.3 is 0 Å². The Labute approximate surface area is 233 Å². The van der Waals surface area contributed by atoms with Crippen LogP contribution in [0.15, 0.2) is 70.8 Å². The van der Waals surface area contributed by atoms with Crippen LogP contribution in [0.5, 0.6) is 17.2 Å². The van der Waals surface area contributed by atoms with Gasteiger partial charge in [0.05, 0.1) is 25.6 Å². The maximum Gasteiger partial charge on any atom is 0.161 e. The van der Waals surface area contributed by atoms with Gasteiger partial charge in [0.15, 0.2) is 17.3 Å². The zero-order valence-electron chi connectivity index (χ0n) is 24.6. The van der Waals surface area contributed by atoms with E-state index in [2.05, 4.69) is 59.0 Å². The molecule has 0 bridgehead atoms. The number of methoxy groups -OCH3 is 1. The molecule has 0 aliphatic rings. The number of unbranched alkanes of at least 4 members (excludes halogenated alkanes) is 1. The zero-order chi connectivity index (χ0) is 28.6. The van der Waals surface area contributed by atoms with Crippen LogP contribution in [0, 0.1) is 0 Å². The molecule has 0 fully saturated rings. The number of hydrazone groups is 1. The molecule has 208 valence electrons. The van der Waals surface area contributed by atoms with E-state index < -0.39 is 0 Å². The van der Waals surface area contributed by atoms with Gasteiger partial charge < -0.3 is 14.6 Å². The number of ether oxygens (including phenoxy) is 2. The number of hydrogen-bond donors (Lipinski definition) is 2. The summed E-state index contributed by atoms with van der Waals surface area (Å²) in [6.45, 7) is 15.4. The summed E-state index contributed by atoms with van der Waals surface area (Å²) in [6, 6.07) is 19.5. The summed E-state index contributed by atoms with van der Waals surface area (Å²) in [5.74, 6) is 2.29. The molecule has 6 heteroatoms. The van der Waals surface area contributed by atoms with Gasteiger partial charge in [0, 0.05) is 16.7 Å². The van der Waals surface area contributed by atoms with Gasteiger partial charge in [-0.25, -0.2) is 4.99 Å². The van der Waals surface area contributed by atoms with Crippen LogP contribution in [0.3, 0.4) is 0 Å². The van der Waals surface area contributed by atoms with E-state index in [9.17, 15) is 5.11 Å². The fraction of sp³-hybridized carbons (Fsp3) is 0.394. The molecule has 0 heterocycles. The van der Waals surface area contributed by atoms with Crippen LogP contribution < -0.4 is 14.9 Å². The van der Waals surface area contributed by atoms with E-state index in [-0.39, 0.29) is 10.8 Å². The van der Waals surface area contributed by atoms with E-state index in [0.717, 1.165) is 46.5 Å². The number of rotatable bonds is 9. The first-order chi connectivity index (χ1) is 18.4. The predicted octanol–water partition coefficient (Wildman–Crippen LogP) is 7.88. The Hall–Kier alpha value is -3.80. The highest BCUT2D eigenvalue weighted by Gasteiger charge is 2.27. The lowest BCUT2D eigenvalue weighted by Crippen LogP contribution is -2.23. The van der Waals surface area contributed by atoms with Crippen molar-refractivity contribution >= 4 is 17.7 Å². The summed E-state index contributed by atoms with van der Waals surface area (Å²) < 4.78 is 11.4. The Kier molecular flexibility index (Phi) is 9.79. The maximum atomic E-state index is 11.2. The van der Waals surface area contributed by atoms with E-state index >= 15 is 0 Å². The molecule has 0 aliphatic heterocycles. The molecule has 0 spiro atoms. The highest BCUT2D eigenvalue weighted by Crippen LogP contribution is 2.40. The molecule has 0 amide bonds. The molecular formula is C33H43N3O3. The molecule has 0 aromatic heterocycles. The largest absolute Gasteiger partial charge is 0.507 e. The molecule has 0 saturated carbocycles. The summed E-state index contributed by atoms with van der Waals surface area (Å²) in [7, 11) is 1.64. The summed E-state index contributed by atoms with van der Waals surface area (Å²) in [4.78, 5) is 4.89. The molecular weight excluding hydrogens is 486 g/mol. The van der Waals surface area contributed by atoms with Crippen molar-refractivity contribution in [1.82, 2.24) is 5.43 Å². The first-order valence-corrected chi connectivity index (χ1v) is 13.6. The van der Waals surface area contributed by atoms with E-state index in [1.807, 2.05) is 60.7 Å². The second-order valence-electron chi connectivity index (χ2n) is 11.7. The third-order valence-electron chi connectivity index (χ3n) is 6.32. The average Bonchev–Trinajstić information content (AvgIpc) is 2.88. The second-order valence-corrected chi connectivity index (χ2v) is 11.7. The molecule has 6 nitrogen and oxygen atoms in total. The second kappa shape index (κ2) is 12.8. The van der Waals surface area contributed by atoms with Gasteiger partial charge in [-0.2, -0.15) is 5.10 Å². The number of aromatic hydroxyl groups is 1. The number of benzene rings is 3. The van der Waals surface area contributed by atoms with Gasteiger partial charge in [-0.3, -0.25) is 5.43 Å². The monoisotopic (exact) mass is 529 g/mol. The summed E-state index contributed by atoms with van der Waals surface area (Å²) >= 11 is 0. The van der Waals surface area contributed by atoms with Crippen molar-refractivity contribution in [2.75, 3.05) is 13.7 Å². The lowest BCUT2D eigenvalue weighted by atomic mass is 9.78. The molecule has 39 heavy (non-hydrogen) atoms. The highest BCUT2D eigenvalue weighted by atomic mass is 16.5. The molecule has 0 unspecified atom stereocenters. The quantitative estimate of drug-likeness (QED) is 0.128. The van der Waals surface area contributed by atoms with Crippen LogP contribution in [0.1, 0.15) is 83.6 Å². The molecule has 0 atom stereocenters. The first-order valence-electron chi connectivity index (χ1n) is 13.6. The average molecular weight is 530 g/mol. The van der Waals surface area contributed by atoms with Crippen LogP contribution in [-0.2, 0) is 10.8 Å². The molecule has 2 N–H and O–H groups in total. The van der Waals surface area contributed by atoms with Crippen LogP contribution in [0.2, 0.25) is 0 Å². The Morgan fingerprint density at radius 1 is 0.897 bits per heavy atom. The number of aliphatic imine (C=N–C) groups is 1. The molecule has 0 saturated heterocycles. The number of nitrogens with one attached hydrogen (secondary N) is 1. The molecule has 0 aliphatic carbocycles. The van der Waals surface area contributed by atoms with E-state index in [4.69, 9.17) is 14.5 Å². The Balaban J connectivity index is 2.02. The normalized spacial score (nSPS) is 12.6. The Morgan fingerprint density at radius 2 is 1.54 bits per heavy atom. The predicted molar refractivity (Wildman–Crippen MR) is 162 cm³/mol. The standard InChI is InChI=1S/C33H43N3O3/c1-9-10-18-39-28-17-16-23(19-29(28)38-8)22-34-36-31(35-25-14-12-11-13-15-25)24-20-26(32(2,3)4)30(37)27(21-24)33(5,6)7/h11-17,19-22,37H,9-10,18H2,1-8H3,(H,35,36). The van der Waals surface area contributed by atoms with Crippen molar-refractivity contribution in [3.05, 3.63) is 82.9 Å².